The van der Waals surface area contributed by atoms with Crippen molar-refractivity contribution in [2.75, 3.05) is 20.1 Å². The van der Waals surface area contributed by atoms with Gasteiger partial charge in [-0.05, 0) is 37.4 Å². The molecule has 0 radical (unpaired) electrons. The number of nitrogens with two attached hydrogens (primary N) is 1. The largest absolute Gasteiger partial charge is 0.368 e. The van der Waals surface area contributed by atoms with E-state index in [1.165, 1.54) is 12.8 Å². The van der Waals surface area contributed by atoms with E-state index in [2.05, 4.69) is 31.4 Å². The quantitative estimate of drug-likeness (QED) is 0.470. The molecule has 5 heteroatoms. The third-order valence-corrected chi connectivity index (χ3v) is 3.85. The summed E-state index contributed by atoms with van der Waals surface area (Å²) < 4.78 is 0. The molecule has 184 valence electrons. The number of carbonyl (C=O) groups excluding carboxylic acids is 2. The van der Waals surface area contributed by atoms with Gasteiger partial charge in [0, 0.05) is 5.92 Å². The summed E-state index contributed by atoms with van der Waals surface area (Å²) in [6.45, 7) is 21.7. The molecule has 1 rings (SSSR count). The number of amides is 2. The van der Waals surface area contributed by atoms with E-state index in [4.69, 9.17) is 5.73 Å². The molecule has 1 aromatic rings. The van der Waals surface area contributed by atoms with Gasteiger partial charge < -0.3 is 16.4 Å². The third-order valence-electron chi connectivity index (χ3n) is 3.85. The van der Waals surface area contributed by atoms with Gasteiger partial charge in [-0.25, -0.2) is 0 Å². The smallest absolute Gasteiger partial charge is 0.236 e. The van der Waals surface area contributed by atoms with Crippen molar-refractivity contribution in [3.05, 3.63) is 35.9 Å². The Balaban J connectivity index is -0.000000207. The van der Waals surface area contributed by atoms with Crippen LogP contribution in [0.3, 0.4) is 0 Å². The zero-order valence-corrected chi connectivity index (χ0v) is 22.4. The average Bonchev–Trinajstić information content (AvgIpc) is 2.77. The summed E-state index contributed by atoms with van der Waals surface area (Å²) in [4.78, 5) is 22.0. The Morgan fingerprint density at radius 2 is 1.48 bits per heavy atom. The maximum atomic E-state index is 11.5. The van der Waals surface area contributed by atoms with Crippen molar-refractivity contribution in [3.63, 3.8) is 0 Å². The van der Waals surface area contributed by atoms with Crippen LogP contribution in [0.1, 0.15) is 87.6 Å². The molecule has 0 aromatic heterocycles. The first-order valence-corrected chi connectivity index (χ1v) is 12.0. The first-order chi connectivity index (χ1) is 14.7. The minimum absolute atomic E-state index is 0.0992. The first-order valence-electron chi connectivity index (χ1n) is 12.0. The molecular formula is C26H53N3O2. The van der Waals surface area contributed by atoms with Crippen LogP contribution < -0.4 is 16.4 Å². The molecule has 0 aliphatic rings. The van der Waals surface area contributed by atoms with Crippen LogP contribution >= 0.6 is 0 Å². The molecule has 0 spiro atoms. The number of hydrogen-bond donors (Lipinski definition) is 3. The number of nitrogens with one attached hydrogen (secondary N) is 2. The zero-order valence-electron chi connectivity index (χ0n) is 22.4. The van der Waals surface area contributed by atoms with E-state index < -0.39 is 5.91 Å². The fraction of sp³-hybridized carbons (Fsp3) is 0.692. The molecule has 0 heterocycles. The van der Waals surface area contributed by atoms with Crippen LogP contribution in [0.4, 0.5) is 0 Å². The minimum atomic E-state index is -0.528. The predicted molar refractivity (Wildman–Crippen MR) is 138 cm³/mol. The molecule has 31 heavy (non-hydrogen) atoms. The summed E-state index contributed by atoms with van der Waals surface area (Å²) in [5.74, 6) is -0.843. The number of benzene rings is 1. The molecule has 5 nitrogen and oxygen atoms in total. The molecule has 0 saturated carbocycles. The molecule has 4 N–H and O–H groups in total. The maximum absolute atomic E-state index is 11.5. The van der Waals surface area contributed by atoms with Crippen LogP contribution in [-0.2, 0) is 16.0 Å². The van der Waals surface area contributed by atoms with Crippen LogP contribution in [0.25, 0.3) is 0 Å². The highest BCUT2D eigenvalue weighted by atomic mass is 16.2. The van der Waals surface area contributed by atoms with Crippen molar-refractivity contribution in [1.82, 2.24) is 10.6 Å². The highest BCUT2D eigenvalue weighted by Crippen LogP contribution is 2.20. The lowest BCUT2D eigenvalue weighted by atomic mass is 9.88. The highest BCUT2D eigenvalue weighted by Gasteiger charge is 2.14. The SMILES string of the molecule is CC.CC.CC.CC(Cc1ccccc1)C(=O)NCC(N)=O.CCCC(C)(C)CNC. The van der Waals surface area contributed by atoms with Crippen LogP contribution in [0, 0.1) is 11.3 Å². The van der Waals surface area contributed by atoms with Gasteiger partial charge in [0.2, 0.25) is 11.8 Å². The van der Waals surface area contributed by atoms with E-state index in [-0.39, 0.29) is 18.4 Å². The van der Waals surface area contributed by atoms with Crippen molar-refractivity contribution in [2.45, 2.75) is 88.5 Å². The van der Waals surface area contributed by atoms with Crippen molar-refractivity contribution in [3.8, 4) is 0 Å². The number of hydrogen-bond acceptors (Lipinski definition) is 3. The summed E-state index contributed by atoms with van der Waals surface area (Å²) in [6.07, 6.45) is 3.26. The number of carbonyl (C=O) groups is 2. The second-order valence-electron chi connectivity index (χ2n) is 7.22. The van der Waals surface area contributed by atoms with Gasteiger partial charge in [0.1, 0.15) is 0 Å². The van der Waals surface area contributed by atoms with E-state index in [0.29, 0.717) is 11.8 Å². The Morgan fingerprint density at radius 3 is 1.87 bits per heavy atom. The van der Waals surface area contributed by atoms with Crippen molar-refractivity contribution in [2.24, 2.45) is 17.1 Å². The second kappa shape index (κ2) is 26.2. The predicted octanol–water partition coefficient (Wildman–Crippen LogP) is 5.58. The molecule has 0 bridgehead atoms. The molecule has 0 aliphatic heterocycles. The van der Waals surface area contributed by atoms with Gasteiger partial charge in [-0.15, -0.1) is 0 Å². The Labute approximate surface area is 194 Å². The molecule has 1 unspecified atom stereocenters. The van der Waals surface area contributed by atoms with Gasteiger partial charge in [0.25, 0.3) is 0 Å². The lowest BCUT2D eigenvalue weighted by Gasteiger charge is -2.22. The van der Waals surface area contributed by atoms with Crippen LogP contribution in [0.15, 0.2) is 30.3 Å². The molecule has 0 fully saturated rings. The van der Waals surface area contributed by atoms with Crippen molar-refractivity contribution in [1.29, 1.82) is 0 Å². The van der Waals surface area contributed by atoms with Gasteiger partial charge >= 0.3 is 0 Å². The zero-order chi connectivity index (χ0) is 25.3. The number of rotatable bonds is 9. The first kappa shape index (κ1) is 36.5. The van der Waals surface area contributed by atoms with Gasteiger partial charge in [0.15, 0.2) is 0 Å². The second-order valence-corrected chi connectivity index (χ2v) is 7.22. The summed E-state index contributed by atoms with van der Waals surface area (Å²) in [7, 11) is 2.01. The molecule has 0 aliphatic carbocycles. The fourth-order valence-electron chi connectivity index (χ4n) is 2.65. The summed E-state index contributed by atoms with van der Waals surface area (Å²) in [5, 5.41) is 5.68. The topological polar surface area (TPSA) is 84.2 Å². The molecule has 0 saturated heterocycles. The molecule has 1 aromatic carbocycles. The van der Waals surface area contributed by atoms with Crippen molar-refractivity contribution >= 4 is 11.8 Å². The Morgan fingerprint density at radius 1 is 1.00 bits per heavy atom. The van der Waals surface area contributed by atoms with E-state index in [1.54, 1.807) is 0 Å². The lowest BCUT2D eigenvalue weighted by Crippen LogP contribution is -2.36. The van der Waals surface area contributed by atoms with Gasteiger partial charge in [-0.2, -0.15) is 0 Å². The van der Waals surface area contributed by atoms with Crippen molar-refractivity contribution < 1.29 is 9.59 Å². The number of primary amides is 1. The average molecular weight is 440 g/mol. The van der Waals surface area contributed by atoms with Gasteiger partial charge in [-0.1, -0.05) is 106 Å². The summed E-state index contributed by atoms with van der Waals surface area (Å²) >= 11 is 0. The normalized spacial score (nSPS) is 10.2. The highest BCUT2D eigenvalue weighted by molar-refractivity contribution is 5.84. The summed E-state index contributed by atoms with van der Waals surface area (Å²) in [6, 6.07) is 9.74. The molecular weight excluding hydrogens is 386 g/mol. The van der Waals surface area contributed by atoms with E-state index in [0.717, 1.165) is 12.1 Å². The monoisotopic (exact) mass is 439 g/mol. The minimum Gasteiger partial charge on any atom is -0.368 e. The van der Waals surface area contributed by atoms with Crippen LogP contribution in [0.5, 0.6) is 0 Å². The van der Waals surface area contributed by atoms with E-state index in [1.807, 2.05) is 85.8 Å². The standard InChI is InChI=1S/C12H16N2O2.C8H19N.3C2H6/c1-9(12(16)14-8-11(13)15)7-10-5-3-2-4-6-10;1-5-6-8(2,3)7-9-4;3*1-2/h2-6,9H,7-8H2,1H3,(H2,13,15)(H,14,16);9H,5-7H2,1-4H3;3*1-2H3. The third kappa shape index (κ3) is 26.1. The van der Waals surface area contributed by atoms with Crippen LogP contribution in [0.2, 0.25) is 0 Å². The van der Waals surface area contributed by atoms with E-state index >= 15 is 0 Å². The Bertz CT molecular complexity index is 495. The Hall–Kier alpha value is -1.88. The lowest BCUT2D eigenvalue weighted by molar-refractivity contribution is -0.127. The van der Waals surface area contributed by atoms with Gasteiger partial charge in [0.05, 0.1) is 6.54 Å². The Kier molecular flexibility index (Phi) is 30.8. The van der Waals surface area contributed by atoms with Crippen LogP contribution in [-0.4, -0.2) is 32.0 Å². The molecule has 2 amide bonds. The summed E-state index contributed by atoms with van der Waals surface area (Å²) in [5.41, 5.74) is 6.53. The van der Waals surface area contributed by atoms with E-state index in [9.17, 15) is 9.59 Å². The fourth-order valence-corrected chi connectivity index (χ4v) is 2.65. The maximum Gasteiger partial charge on any atom is 0.236 e. The van der Waals surface area contributed by atoms with Gasteiger partial charge in [-0.3, -0.25) is 9.59 Å². The molecule has 1 atom stereocenters.